The number of anilines is 1. The highest BCUT2D eigenvalue weighted by molar-refractivity contribution is 5.86. The number of hydrogen-bond acceptors (Lipinski definition) is 3. The van der Waals surface area contributed by atoms with Crippen molar-refractivity contribution in [1.82, 2.24) is 4.90 Å². The minimum atomic E-state index is -0.342. The number of nitrogens with one attached hydrogen (secondary N) is 1. The molecule has 3 rings (SSSR count). The van der Waals surface area contributed by atoms with Gasteiger partial charge in [-0.1, -0.05) is 18.2 Å². The number of hydrogen-bond donors (Lipinski definition) is 2. The highest BCUT2D eigenvalue weighted by Crippen LogP contribution is 2.33. The summed E-state index contributed by atoms with van der Waals surface area (Å²) in [5, 5.41) is 12.9. The van der Waals surface area contributed by atoms with E-state index in [4.69, 9.17) is 0 Å². The van der Waals surface area contributed by atoms with Crippen LogP contribution in [0.3, 0.4) is 0 Å². The number of β-amino-alcohol motifs (C(OH)–C–C–N with tert-alkyl or cyclic N) is 1. The molecule has 0 bridgehead atoms. The normalized spacial score (nSPS) is 26.6. The number of aliphatic hydroxyl groups is 1. The molecule has 1 aromatic rings. The van der Waals surface area contributed by atoms with Gasteiger partial charge in [-0.2, -0.15) is 0 Å². The van der Waals surface area contributed by atoms with Crippen molar-refractivity contribution in [3.05, 3.63) is 29.8 Å². The van der Waals surface area contributed by atoms with Crippen LogP contribution in [-0.4, -0.2) is 41.7 Å². The van der Waals surface area contributed by atoms with Crippen molar-refractivity contribution in [2.45, 2.75) is 24.9 Å². The quantitative estimate of drug-likeness (QED) is 0.782. The zero-order valence-electron chi connectivity index (χ0n) is 10.3. The van der Waals surface area contributed by atoms with Crippen LogP contribution < -0.4 is 5.32 Å². The fourth-order valence-electron chi connectivity index (χ4n) is 2.89. The van der Waals surface area contributed by atoms with Gasteiger partial charge in [0.2, 0.25) is 5.91 Å². The summed E-state index contributed by atoms with van der Waals surface area (Å²) < 4.78 is 0. The second-order valence-corrected chi connectivity index (χ2v) is 5.08. The first-order chi connectivity index (χ1) is 8.75. The summed E-state index contributed by atoms with van der Waals surface area (Å²) in [5.41, 5.74) is 2.16. The van der Waals surface area contributed by atoms with E-state index < -0.39 is 0 Å². The van der Waals surface area contributed by atoms with Gasteiger partial charge in [0.05, 0.1) is 12.0 Å². The molecule has 4 heteroatoms. The van der Waals surface area contributed by atoms with Crippen LogP contribution in [0.25, 0.3) is 0 Å². The van der Waals surface area contributed by atoms with Crippen LogP contribution in [-0.2, 0) is 4.79 Å². The van der Waals surface area contributed by atoms with Crippen molar-refractivity contribution in [1.29, 1.82) is 0 Å². The molecular weight excluding hydrogens is 228 g/mol. The van der Waals surface area contributed by atoms with E-state index in [0.29, 0.717) is 19.5 Å². The standard InChI is InChI=1S/C14H18N2O2/c17-10-6-8-16(9-10)14(18)12-5-7-15-13-4-2-1-3-11(12)13/h1-4,10,12,15,17H,5-9H2/t10-,12?/m1/s1. The minimum Gasteiger partial charge on any atom is -0.391 e. The molecule has 0 aliphatic carbocycles. The predicted octanol–water partition coefficient (Wildman–Crippen LogP) is 1.18. The summed E-state index contributed by atoms with van der Waals surface area (Å²) in [5.74, 6) is 0.119. The van der Waals surface area contributed by atoms with Gasteiger partial charge >= 0.3 is 0 Å². The molecule has 1 amide bonds. The largest absolute Gasteiger partial charge is 0.391 e. The van der Waals surface area contributed by atoms with E-state index in [9.17, 15) is 9.90 Å². The molecule has 18 heavy (non-hydrogen) atoms. The molecule has 1 saturated heterocycles. The Kier molecular flexibility index (Phi) is 2.96. The van der Waals surface area contributed by atoms with Gasteiger partial charge in [0, 0.05) is 25.3 Å². The maximum absolute atomic E-state index is 12.5. The third-order valence-electron chi connectivity index (χ3n) is 3.86. The average Bonchev–Trinajstić information content (AvgIpc) is 2.84. The van der Waals surface area contributed by atoms with Crippen molar-refractivity contribution in [3.63, 3.8) is 0 Å². The third kappa shape index (κ3) is 1.97. The molecule has 0 radical (unpaired) electrons. The van der Waals surface area contributed by atoms with Gasteiger partial charge in [-0.15, -0.1) is 0 Å². The molecule has 2 aliphatic heterocycles. The van der Waals surface area contributed by atoms with Crippen LogP contribution in [0.4, 0.5) is 5.69 Å². The molecule has 96 valence electrons. The summed E-state index contributed by atoms with van der Waals surface area (Å²) in [6.45, 7) is 2.01. The molecule has 0 aromatic heterocycles. The number of rotatable bonds is 1. The lowest BCUT2D eigenvalue weighted by molar-refractivity contribution is -0.132. The Hall–Kier alpha value is -1.55. The minimum absolute atomic E-state index is 0.0484. The maximum Gasteiger partial charge on any atom is 0.230 e. The van der Waals surface area contributed by atoms with Gasteiger partial charge in [0.15, 0.2) is 0 Å². The van der Waals surface area contributed by atoms with Gasteiger partial charge in [-0.05, 0) is 24.5 Å². The number of carbonyl (C=O) groups is 1. The zero-order chi connectivity index (χ0) is 12.5. The number of amides is 1. The Morgan fingerprint density at radius 1 is 1.33 bits per heavy atom. The molecular formula is C14H18N2O2. The fraction of sp³-hybridized carbons (Fsp3) is 0.500. The molecule has 1 aromatic carbocycles. The van der Waals surface area contributed by atoms with E-state index in [1.165, 1.54) is 0 Å². The van der Waals surface area contributed by atoms with E-state index in [2.05, 4.69) is 5.32 Å². The van der Waals surface area contributed by atoms with Gasteiger partial charge in [0.1, 0.15) is 0 Å². The first-order valence-corrected chi connectivity index (χ1v) is 6.55. The molecule has 0 saturated carbocycles. The molecule has 2 heterocycles. The number of likely N-dealkylation sites (tertiary alicyclic amines) is 1. The summed E-state index contributed by atoms with van der Waals surface area (Å²) >= 11 is 0. The summed E-state index contributed by atoms with van der Waals surface area (Å²) in [6, 6.07) is 8.01. The number of para-hydroxylation sites is 1. The highest BCUT2D eigenvalue weighted by atomic mass is 16.3. The highest BCUT2D eigenvalue weighted by Gasteiger charge is 2.33. The number of nitrogens with zero attached hydrogens (tertiary/aromatic N) is 1. The van der Waals surface area contributed by atoms with Gasteiger partial charge < -0.3 is 15.3 Å². The summed E-state index contributed by atoms with van der Waals surface area (Å²) in [7, 11) is 0. The Bertz CT molecular complexity index is 461. The number of benzene rings is 1. The van der Waals surface area contributed by atoms with Crippen molar-refractivity contribution in [3.8, 4) is 0 Å². The van der Waals surface area contributed by atoms with Gasteiger partial charge in [-0.25, -0.2) is 0 Å². The van der Waals surface area contributed by atoms with Crippen molar-refractivity contribution >= 4 is 11.6 Å². The van der Waals surface area contributed by atoms with Crippen molar-refractivity contribution in [2.24, 2.45) is 0 Å². The second-order valence-electron chi connectivity index (χ2n) is 5.08. The van der Waals surface area contributed by atoms with E-state index in [0.717, 1.165) is 24.2 Å². The number of fused-ring (bicyclic) bond motifs is 1. The van der Waals surface area contributed by atoms with Gasteiger partial charge in [-0.3, -0.25) is 4.79 Å². The first kappa shape index (κ1) is 11.5. The van der Waals surface area contributed by atoms with E-state index in [1.807, 2.05) is 24.3 Å². The Balaban J connectivity index is 1.83. The smallest absolute Gasteiger partial charge is 0.230 e. The predicted molar refractivity (Wildman–Crippen MR) is 69.5 cm³/mol. The average molecular weight is 246 g/mol. The number of aliphatic hydroxyl groups excluding tert-OH is 1. The van der Waals surface area contributed by atoms with Crippen molar-refractivity contribution in [2.75, 3.05) is 25.0 Å². The van der Waals surface area contributed by atoms with E-state index in [1.54, 1.807) is 4.90 Å². The van der Waals surface area contributed by atoms with Crippen LogP contribution in [0.5, 0.6) is 0 Å². The lowest BCUT2D eigenvalue weighted by Crippen LogP contribution is -2.36. The number of carbonyl (C=O) groups excluding carboxylic acids is 1. The van der Waals surface area contributed by atoms with Crippen LogP contribution in [0.15, 0.2) is 24.3 Å². The molecule has 2 aliphatic rings. The van der Waals surface area contributed by atoms with E-state index >= 15 is 0 Å². The molecule has 2 atom stereocenters. The lowest BCUT2D eigenvalue weighted by Gasteiger charge is -2.29. The molecule has 1 unspecified atom stereocenters. The van der Waals surface area contributed by atoms with Crippen LogP contribution in [0.2, 0.25) is 0 Å². The molecule has 1 fully saturated rings. The third-order valence-corrected chi connectivity index (χ3v) is 3.86. The second kappa shape index (κ2) is 4.61. The maximum atomic E-state index is 12.5. The Labute approximate surface area is 107 Å². The van der Waals surface area contributed by atoms with Crippen LogP contribution in [0, 0.1) is 0 Å². The topological polar surface area (TPSA) is 52.6 Å². The Morgan fingerprint density at radius 2 is 2.17 bits per heavy atom. The van der Waals surface area contributed by atoms with Gasteiger partial charge in [0.25, 0.3) is 0 Å². The van der Waals surface area contributed by atoms with Crippen molar-refractivity contribution < 1.29 is 9.90 Å². The zero-order valence-corrected chi connectivity index (χ0v) is 10.3. The SMILES string of the molecule is O=C(C1CCNc2ccccc21)N1CC[C@@H](O)C1. The first-order valence-electron chi connectivity index (χ1n) is 6.55. The summed E-state index contributed by atoms with van der Waals surface area (Å²) in [4.78, 5) is 14.3. The monoisotopic (exact) mass is 246 g/mol. The lowest BCUT2D eigenvalue weighted by atomic mass is 9.90. The van der Waals surface area contributed by atoms with Crippen LogP contribution in [0.1, 0.15) is 24.3 Å². The molecule has 2 N–H and O–H groups in total. The van der Waals surface area contributed by atoms with Crippen LogP contribution >= 0.6 is 0 Å². The fourth-order valence-corrected chi connectivity index (χ4v) is 2.89. The Morgan fingerprint density at radius 3 is 2.94 bits per heavy atom. The summed E-state index contributed by atoms with van der Waals surface area (Å²) in [6.07, 6.45) is 1.20. The van der Waals surface area contributed by atoms with E-state index in [-0.39, 0.29) is 17.9 Å². The molecule has 4 nitrogen and oxygen atoms in total. The molecule has 0 spiro atoms.